The number of benzene rings is 1. The summed E-state index contributed by atoms with van der Waals surface area (Å²) in [6.07, 6.45) is 4.07. The van der Waals surface area contributed by atoms with Gasteiger partial charge in [-0.05, 0) is 37.6 Å². The molecular formula is C16H24N2O. The van der Waals surface area contributed by atoms with Gasteiger partial charge in [-0.25, -0.2) is 0 Å². The molecule has 0 unspecified atom stereocenters. The van der Waals surface area contributed by atoms with Crippen molar-refractivity contribution in [1.82, 2.24) is 10.2 Å². The first kappa shape index (κ1) is 12.9. The molecule has 2 fully saturated rings. The Morgan fingerprint density at radius 3 is 2.63 bits per heavy atom. The molecule has 104 valence electrons. The van der Waals surface area contributed by atoms with E-state index in [9.17, 15) is 0 Å². The van der Waals surface area contributed by atoms with E-state index in [2.05, 4.69) is 28.4 Å². The van der Waals surface area contributed by atoms with Gasteiger partial charge in [0, 0.05) is 31.1 Å². The Labute approximate surface area is 115 Å². The SMILES string of the molecule is COc1ccc(C2CNC2)cc1CN1CCCCC1. The van der Waals surface area contributed by atoms with Gasteiger partial charge in [-0.2, -0.15) is 0 Å². The molecule has 0 amide bonds. The summed E-state index contributed by atoms with van der Waals surface area (Å²) in [5.41, 5.74) is 2.82. The van der Waals surface area contributed by atoms with Crippen molar-refractivity contribution >= 4 is 0 Å². The summed E-state index contributed by atoms with van der Waals surface area (Å²) < 4.78 is 5.53. The van der Waals surface area contributed by atoms with Crippen LogP contribution in [0.15, 0.2) is 18.2 Å². The van der Waals surface area contributed by atoms with Crippen LogP contribution in [0.1, 0.15) is 36.3 Å². The third-order valence-electron chi connectivity index (χ3n) is 4.40. The smallest absolute Gasteiger partial charge is 0.123 e. The van der Waals surface area contributed by atoms with Crippen molar-refractivity contribution in [1.29, 1.82) is 0 Å². The fraction of sp³-hybridized carbons (Fsp3) is 0.625. The lowest BCUT2D eigenvalue weighted by molar-refractivity contribution is 0.218. The maximum atomic E-state index is 5.53. The van der Waals surface area contributed by atoms with Gasteiger partial charge in [-0.15, -0.1) is 0 Å². The van der Waals surface area contributed by atoms with Gasteiger partial charge in [0.05, 0.1) is 7.11 Å². The fourth-order valence-electron chi connectivity index (χ4n) is 3.06. The first-order valence-corrected chi connectivity index (χ1v) is 7.46. The molecule has 1 N–H and O–H groups in total. The van der Waals surface area contributed by atoms with E-state index in [4.69, 9.17) is 4.74 Å². The number of nitrogens with zero attached hydrogens (tertiary/aromatic N) is 1. The molecule has 0 bridgehead atoms. The maximum Gasteiger partial charge on any atom is 0.123 e. The van der Waals surface area contributed by atoms with Crippen LogP contribution in [0.2, 0.25) is 0 Å². The predicted molar refractivity (Wildman–Crippen MR) is 77.7 cm³/mol. The van der Waals surface area contributed by atoms with Gasteiger partial charge >= 0.3 is 0 Å². The van der Waals surface area contributed by atoms with Crippen LogP contribution in [-0.4, -0.2) is 38.2 Å². The lowest BCUT2D eigenvalue weighted by Gasteiger charge is -2.30. The molecule has 3 rings (SSSR count). The maximum absolute atomic E-state index is 5.53. The molecule has 3 heteroatoms. The highest BCUT2D eigenvalue weighted by molar-refractivity contribution is 5.39. The average Bonchev–Trinajstić information content (AvgIpc) is 2.38. The molecule has 0 saturated carbocycles. The lowest BCUT2D eigenvalue weighted by atomic mass is 9.92. The molecule has 1 aromatic rings. The van der Waals surface area contributed by atoms with Crippen molar-refractivity contribution in [3.05, 3.63) is 29.3 Å². The summed E-state index contributed by atoms with van der Waals surface area (Å²) in [7, 11) is 1.78. The highest BCUT2D eigenvalue weighted by Gasteiger charge is 2.20. The van der Waals surface area contributed by atoms with Gasteiger partial charge in [-0.3, -0.25) is 4.90 Å². The summed E-state index contributed by atoms with van der Waals surface area (Å²) in [5.74, 6) is 1.74. The monoisotopic (exact) mass is 260 g/mol. The Morgan fingerprint density at radius 2 is 2.00 bits per heavy atom. The molecule has 0 spiro atoms. The standard InChI is InChI=1S/C16H24N2O/c1-19-16-6-5-13(15-10-17-11-15)9-14(16)12-18-7-3-2-4-8-18/h5-6,9,15,17H,2-4,7-8,10-12H2,1H3. The Morgan fingerprint density at radius 1 is 1.21 bits per heavy atom. The van der Waals surface area contributed by atoms with Crippen LogP contribution in [0.4, 0.5) is 0 Å². The molecular weight excluding hydrogens is 236 g/mol. The molecule has 2 saturated heterocycles. The largest absolute Gasteiger partial charge is 0.496 e. The van der Waals surface area contributed by atoms with Crippen LogP contribution >= 0.6 is 0 Å². The number of methoxy groups -OCH3 is 1. The van der Waals surface area contributed by atoms with Crippen molar-refractivity contribution in [2.24, 2.45) is 0 Å². The molecule has 0 aliphatic carbocycles. The zero-order chi connectivity index (χ0) is 13.1. The normalized spacial score (nSPS) is 21.1. The van der Waals surface area contributed by atoms with Gasteiger partial charge in [0.1, 0.15) is 5.75 Å². The van der Waals surface area contributed by atoms with Crippen LogP contribution < -0.4 is 10.1 Å². The summed E-state index contributed by atoms with van der Waals surface area (Å²) in [6.45, 7) is 5.75. The van der Waals surface area contributed by atoms with Crippen LogP contribution in [0.25, 0.3) is 0 Å². The molecule has 0 atom stereocenters. The second-order valence-electron chi connectivity index (χ2n) is 5.76. The van der Waals surface area contributed by atoms with Gasteiger partial charge in [0.2, 0.25) is 0 Å². The second kappa shape index (κ2) is 5.93. The lowest BCUT2D eigenvalue weighted by Crippen LogP contribution is -2.39. The Kier molecular flexibility index (Phi) is 4.04. The second-order valence-corrected chi connectivity index (χ2v) is 5.76. The first-order valence-electron chi connectivity index (χ1n) is 7.46. The fourth-order valence-corrected chi connectivity index (χ4v) is 3.06. The zero-order valence-corrected chi connectivity index (χ0v) is 11.8. The summed E-state index contributed by atoms with van der Waals surface area (Å²) in [5, 5.41) is 3.35. The average molecular weight is 260 g/mol. The number of hydrogen-bond acceptors (Lipinski definition) is 3. The van der Waals surface area contributed by atoms with Crippen LogP contribution in [0.3, 0.4) is 0 Å². The topological polar surface area (TPSA) is 24.5 Å². The quantitative estimate of drug-likeness (QED) is 0.899. The van der Waals surface area contributed by atoms with Gasteiger partial charge in [-0.1, -0.05) is 18.6 Å². The molecule has 2 heterocycles. The third kappa shape index (κ3) is 2.93. The van der Waals surface area contributed by atoms with E-state index < -0.39 is 0 Å². The van der Waals surface area contributed by atoms with E-state index in [1.165, 1.54) is 43.5 Å². The van der Waals surface area contributed by atoms with Crippen molar-refractivity contribution < 1.29 is 4.74 Å². The predicted octanol–water partition coefficient (Wildman–Crippen LogP) is 2.37. The van der Waals surface area contributed by atoms with E-state index in [-0.39, 0.29) is 0 Å². The van der Waals surface area contributed by atoms with E-state index in [0.29, 0.717) is 5.92 Å². The Balaban J connectivity index is 1.76. The minimum Gasteiger partial charge on any atom is -0.496 e. The van der Waals surface area contributed by atoms with E-state index >= 15 is 0 Å². The minimum absolute atomic E-state index is 0.700. The number of ether oxygens (including phenoxy) is 1. The van der Waals surface area contributed by atoms with Crippen LogP contribution in [0.5, 0.6) is 5.75 Å². The number of rotatable bonds is 4. The van der Waals surface area contributed by atoms with Crippen LogP contribution in [0, 0.1) is 0 Å². The van der Waals surface area contributed by atoms with Gasteiger partial charge in [0.15, 0.2) is 0 Å². The molecule has 2 aliphatic rings. The van der Waals surface area contributed by atoms with Crippen molar-refractivity contribution in [2.45, 2.75) is 31.7 Å². The Hall–Kier alpha value is -1.06. The Bertz CT molecular complexity index is 423. The molecule has 0 radical (unpaired) electrons. The minimum atomic E-state index is 0.700. The number of hydrogen-bond donors (Lipinski definition) is 1. The van der Waals surface area contributed by atoms with E-state index in [1.807, 2.05) is 0 Å². The van der Waals surface area contributed by atoms with Gasteiger partial charge in [0.25, 0.3) is 0 Å². The van der Waals surface area contributed by atoms with E-state index in [0.717, 1.165) is 25.4 Å². The highest BCUT2D eigenvalue weighted by Crippen LogP contribution is 2.28. The zero-order valence-electron chi connectivity index (χ0n) is 11.8. The summed E-state index contributed by atoms with van der Waals surface area (Å²) in [6, 6.07) is 6.73. The summed E-state index contributed by atoms with van der Waals surface area (Å²) in [4.78, 5) is 2.56. The van der Waals surface area contributed by atoms with Crippen molar-refractivity contribution in [3.63, 3.8) is 0 Å². The number of likely N-dealkylation sites (tertiary alicyclic amines) is 1. The molecule has 3 nitrogen and oxygen atoms in total. The molecule has 1 aromatic carbocycles. The van der Waals surface area contributed by atoms with E-state index in [1.54, 1.807) is 7.11 Å². The van der Waals surface area contributed by atoms with Crippen molar-refractivity contribution in [2.75, 3.05) is 33.3 Å². The molecule has 2 aliphatic heterocycles. The van der Waals surface area contributed by atoms with Crippen molar-refractivity contribution in [3.8, 4) is 5.75 Å². The van der Waals surface area contributed by atoms with Crippen LogP contribution in [-0.2, 0) is 6.54 Å². The summed E-state index contributed by atoms with van der Waals surface area (Å²) >= 11 is 0. The first-order chi connectivity index (χ1) is 9.36. The van der Waals surface area contributed by atoms with Gasteiger partial charge < -0.3 is 10.1 Å². The number of nitrogens with one attached hydrogen (secondary N) is 1. The third-order valence-corrected chi connectivity index (χ3v) is 4.40. The highest BCUT2D eigenvalue weighted by atomic mass is 16.5. The molecule has 0 aromatic heterocycles. The number of piperidine rings is 1. The molecule has 19 heavy (non-hydrogen) atoms.